The van der Waals surface area contributed by atoms with Gasteiger partial charge in [0.05, 0.1) is 5.56 Å². The van der Waals surface area contributed by atoms with E-state index in [-0.39, 0.29) is 5.56 Å². The van der Waals surface area contributed by atoms with Gasteiger partial charge in [-0.1, -0.05) is 43.7 Å². The minimum absolute atomic E-state index is 0.0950. The van der Waals surface area contributed by atoms with Crippen LogP contribution in [0.25, 0.3) is 11.1 Å². The minimum Gasteiger partial charge on any atom is -0.299 e. The summed E-state index contributed by atoms with van der Waals surface area (Å²) in [7, 11) is 0. The molecule has 0 aliphatic carbocycles. The van der Waals surface area contributed by atoms with E-state index >= 15 is 0 Å². The van der Waals surface area contributed by atoms with E-state index in [1.807, 2.05) is 24.3 Å². The molecule has 0 bridgehead atoms. The number of hydrogen-bond acceptors (Lipinski definition) is 1. The quantitative estimate of drug-likeness (QED) is 0.881. The average molecular weight is 244 g/mol. The van der Waals surface area contributed by atoms with Crippen LogP contribution in [0.4, 0.5) is 0 Å². The first-order chi connectivity index (χ1) is 8.67. The summed E-state index contributed by atoms with van der Waals surface area (Å²) in [6.45, 7) is 6.94. The Morgan fingerprint density at radius 1 is 1.17 bits per heavy atom. The fourth-order valence-electron chi connectivity index (χ4n) is 2.19. The van der Waals surface area contributed by atoms with Crippen LogP contribution in [0, 0.1) is 6.92 Å². The Bertz CT molecular complexity index is 576. The van der Waals surface area contributed by atoms with Crippen LogP contribution in [-0.2, 0) is 13.0 Å². The van der Waals surface area contributed by atoms with Crippen molar-refractivity contribution in [3.8, 4) is 11.1 Å². The monoisotopic (exact) mass is 244 g/mol. The molecule has 0 atom stereocenters. The van der Waals surface area contributed by atoms with Gasteiger partial charge in [0, 0.05) is 12.2 Å². The van der Waals surface area contributed by atoms with Gasteiger partial charge in [0.1, 0.15) is 0 Å². The van der Waals surface area contributed by atoms with Gasteiger partial charge in [0.25, 0.3) is 5.56 Å². The third-order valence-corrected chi connectivity index (χ3v) is 3.17. The lowest BCUT2D eigenvalue weighted by atomic mass is 10.0. The molecule has 1 heterocycles. The normalized spacial score (nSPS) is 10.8. The van der Waals surface area contributed by atoms with Gasteiger partial charge < -0.3 is 0 Å². The number of aryl methyl sites for hydroxylation is 3. The fraction of sp³-hybridized carbons (Fsp3) is 0.400. The van der Waals surface area contributed by atoms with E-state index in [4.69, 9.17) is 0 Å². The van der Waals surface area contributed by atoms with Crippen LogP contribution in [0.1, 0.15) is 31.5 Å². The summed E-state index contributed by atoms with van der Waals surface area (Å²) < 4.78 is 1.72. The molecule has 0 amide bonds. The summed E-state index contributed by atoms with van der Waals surface area (Å²) in [6, 6.07) is 8.14. The number of H-pyrrole nitrogens is 1. The van der Waals surface area contributed by atoms with Crippen LogP contribution in [-0.4, -0.2) is 9.78 Å². The van der Waals surface area contributed by atoms with Crippen molar-refractivity contribution in [1.29, 1.82) is 0 Å². The molecule has 1 aromatic heterocycles. The van der Waals surface area contributed by atoms with Crippen LogP contribution in [0.3, 0.4) is 0 Å². The maximum Gasteiger partial charge on any atom is 0.274 e. The molecule has 0 spiro atoms. The molecule has 1 aromatic carbocycles. The Morgan fingerprint density at radius 3 is 2.39 bits per heavy atom. The Hall–Kier alpha value is -1.77. The Balaban J connectivity index is 2.55. The lowest BCUT2D eigenvalue weighted by molar-refractivity contribution is 0.579. The Labute approximate surface area is 107 Å². The number of nitrogens with one attached hydrogen (secondary N) is 1. The van der Waals surface area contributed by atoms with Gasteiger partial charge in [-0.05, 0) is 25.3 Å². The van der Waals surface area contributed by atoms with Gasteiger partial charge >= 0.3 is 0 Å². The number of benzene rings is 1. The van der Waals surface area contributed by atoms with Crippen LogP contribution < -0.4 is 5.56 Å². The Kier molecular flexibility index (Phi) is 3.70. The fourth-order valence-corrected chi connectivity index (χ4v) is 2.19. The molecular weight excluding hydrogens is 224 g/mol. The van der Waals surface area contributed by atoms with E-state index in [2.05, 4.69) is 25.9 Å². The topological polar surface area (TPSA) is 37.8 Å². The molecule has 18 heavy (non-hydrogen) atoms. The van der Waals surface area contributed by atoms with Crippen LogP contribution in [0.2, 0.25) is 0 Å². The number of aromatic nitrogens is 2. The van der Waals surface area contributed by atoms with Gasteiger partial charge in [-0.3, -0.25) is 14.6 Å². The highest BCUT2D eigenvalue weighted by Crippen LogP contribution is 2.20. The van der Waals surface area contributed by atoms with Crippen LogP contribution >= 0.6 is 0 Å². The molecule has 0 aliphatic rings. The van der Waals surface area contributed by atoms with Gasteiger partial charge in [-0.25, -0.2) is 0 Å². The van der Waals surface area contributed by atoms with Crippen molar-refractivity contribution in [2.75, 3.05) is 0 Å². The maximum atomic E-state index is 12.4. The zero-order valence-electron chi connectivity index (χ0n) is 11.3. The number of rotatable bonds is 4. The van der Waals surface area contributed by atoms with E-state index in [1.54, 1.807) is 4.68 Å². The second kappa shape index (κ2) is 5.25. The molecule has 3 nitrogen and oxygen atoms in total. The van der Waals surface area contributed by atoms with E-state index in [0.717, 1.165) is 36.2 Å². The summed E-state index contributed by atoms with van der Waals surface area (Å²) in [5.41, 5.74) is 4.16. The van der Waals surface area contributed by atoms with Gasteiger partial charge in [-0.2, -0.15) is 0 Å². The molecule has 2 rings (SSSR count). The van der Waals surface area contributed by atoms with Gasteiger partial charge in [0.2, 0.25) is 0 Å². The molecule has 0 radical (unpaired) electrons. The summed E-state index contributed by atoms with van der Waals surface area (Å²) >= 11 is 0. The first-order valence-corrected chi connectivity index (χ1v) is 6.56. The molecular formula is C15H20N2O. The highest BCUT2D eigenvalue weighted by atomic mass is 16.1. The first kappa shape index (κ1) is 12.7. The van der Waals surface area contributed by atoms with E-state index in [0.29, 0.717) is 0 Å². The molecule has 3 heteroatoms. The van der Waals surface area contributed by atoms with Crippen molar-refractivity contribution in [2.24, 2.45) is 0 Å². The first-order valence-electron chi connectivity index (χ1n) is 6.56. The van der Waals surface area contributed by atoms with Gasteiger partial charge in [-0.15, -0.1) is 0 Å². The van der Waals surface area contributed by atoms with Crippen molar-refractivity contribution in [1.82, 2.24) is 9.78 Å². The lowest BCUT2D eigenvalue weighted by Crippen LogP contribution is -2.17. The number of nitrogens with zero attached hydrogens (tertiary/aromatic N) is 1. The predicted molar refractivity (Wildman–Crippen MR) is 74.9 cm³/mol. The minimum atomic E-state index is 0.0950. The van der Waals surface area contributed by atoms with Crippen LogP contribution in [0.5, 0.6) is 0 Å². The standard InChI is InChI=1S/C15H20N2O/c1-4-10-17-15(18)14(13(5-2)16-17)12-8-6-11(3)7-9-12/h6-9,16H,4-5,10H2,1-3H3. The number of aromatic amines is 1. The second-order valence-corrected chi connectivity index (χ2v) is 4.64. The Morgan fingerprint density at radius 2 is 1.83 bits per heavy atom. The molecule has 96 valence electrons. The molecule has 2 aromatic rings. The highest BCUT2D eigenvalue weighted by Gasteiger charge is 2.14. The van der Waals surface area contributed by atoms with Crippen LogP contribution in [0.15, 0.2) is 29.1 Å². The zero-order chi connectivity index (χ0) is 13.1. The predicted octanol–water partition coefficient (Wildman–Crippen LogP) is 3.12. The smallest absolute Gasteiger partial charge is 0.274 e. The SMILES string of the molecule is CCCn1[nH]c(CC)c(-c2ccc(C)cc2)c1=O. The molecule has 0 fully saturated rings. The van der Waals surface area contributed by atoms with Crippen molar-refractivity contribution >= 4 is 0 Å². The highest BCUT2D eigenvalue weighted by molar-refractivity contribution is 5.65. The maximum absolute atomic E-state index is 12.4. The second-order valence-electron chi connectivity index (χ2n) is 4.64. The lowest BCUT2D eigenvalue weighted by Gasteiger charge is -2.00. The number of hydrogen-bond donors (Lipinski definition) is 1. The molecule has 0 aliphatic heterocycles. The molecule has 0 saturated heterocycles. The molecule has 1 N–H and O–H groups in total. The summed E-state index contributed by atoms with van der Waals surface area (Å²) in [5.74, 6) is 0. The van der Waals surface area contributed by atoms with Crippen molar-refractivity contribution in [2.45, 2.75) is 40.2 Å². The summed E-state index contributed by atoms with van der Waals surface area (Å²) in [4.78, 5) is 12.4. The van der Waals surface area contributed by atoms with E-state index < -0.39 is 0 Å². The van der Waals surface area contributed by atoms with E-state index in [9.17, 15) is 4.79 Å². The summed E-state index contributed by atoms with van der Waals surface area (Å²) in [6.07, 6.45) is 1.80. The molecule has 0 saturated carbocycles. The third-order valence-electron chi connectivity index (χ3n) is 3.17. The van der Waals surface area contributed by atoms with Crippen molar-refractivity contribution in [3.63, 3.8) is 0 Å². The summed E-state index contributed by atoms with van der Waals surface area (Å²) in [5, 5.41) is 3.22. The largest absolute Gasteiger partial charge is 0.299 e. The average Bonchev–Trinajstić information content (AvgIpc) is 2.68. The molecule has 0 unspecified atom stereocenters. The van der Waals surface area contributed by atoms with Gasteiger partial charge in [0.15, 0.2) is 0 Å². The van der Waals surface area contributed by atoms with Crippen molar-refractivity contribution in [3.05, 3.63) is 45.9 Å². The van der Waals surface area contributed by atoms with Crippen molar-refractivity contribution < 1.29 is 0 Å². The van der Waals surface area contributed by atoms with E-state index in [1.165, 1.54) is 5.56 Å². The zero-order valence-corrected chi connectivity index (χ0v) is 11.3. The third kappa shape index (κ3) is 2.26.